The average molecular weight is 236 g/mol. The molecule has 17 heavy (non-hydrogen) atoms. The fourth-order valence-corrected chi connectivity index (χ4v) is 1.25. The van der Waals surface area contributed by atoms with E-state index in [1.807, 2.05) is 19.1 Å². The molecule has 1 N–H and O–H groups in total. The highest BCUT2D eigenvalue weighted by Gasteiger charge is 1.98. The van der Waals surface area contributed by atoms with Crippen LogP contribution in [0, 0.1) is 0 Å². The number of rotatable bonds is 6. The van der Waals surface area contributed by atoms with E-state index in [1.165, 1.54) is 0 Å². The maximum absolute atomic E-state index is 10.4. The molecule has 0 aliphatic rings. The molecular formula is C13H16O4. The summed E-state index contributed by atoms with van der Waals surface area (Å²) in [6.45, 7) is 4.52. The Bertz CT molecular complexity index is 392. The van der Waals surface area contributed by atoms with Crippen LogP contribution in [-0.4, -0.2) is 24.3 Å². The molecule has 4 nitrogen and oxygen atoms in total. The molecule has 1 aromatic rings. The molecule has 0 aliphatic heterocycles. The Morgan fingerprint density at radius 1 is 1.24 bits per heavy atom. The highest BCUT2D eigenvalue weighted by molar-refractivity contribution is 5.80. The van der Waals surface area contributed by atoms with Crippen LogP contribution in [0.1, 0.15) is 13.8 Å². The maximum atomic E-state index is 10.4. The van der Waals surface area contributed by atoms with Crippen molar-refractivity contribution in [2.75, 3.05) is 13.2 Å². The maximum Gasteiger partial charge on any atom is 0.328 e. The van der Waals surface area contributed by atoms with E-state index < -0.39 is 5.97 Å². The lowest BCUT2D eigenvalue weighted by Crippen LogP contribution is -2.01. The van der Waals surface area contributed by atoms with Gasteiger partial charge in [0.2, 0.25) is 0 Å². The number of benzene rings is 1. The van der Waals surface area contributed by atoms with Gasteiger partial charge >= 0.3 is 5.97 Å². The first-order chi connectivity index (χ1) is 8.11. The Kier molecular flexibility index (Phi) is 5.07. The minimum absolute atomic E-state index is 0.264. The van der Waals surface area contributed by atoms with E-state index in [9.17, 15) is 4.79 Å². The molecule has 0 aromatic heterocycles. The summed E-state index contributed by atoms with van der Waals surface area (Å²) in [5.41, 5.74) is 0.659. The zero-order chi connectivity index (χ0) is 12.7. The molecule has 0 saturated heterocycles. The van der Waals surface area contributed by atoms with Gasteiger partial charge in [-0.3, -0.25) is 0 Å². The molecule has 0 amide bonds. The quantitative estimate of drug-likeness (QED) is 0.771. The third kappa shape index (κ3) is 5.06. The molecule has 4 heteroatoms. The van der Waals surface area contributed by atoms with Gasteiger partial charge in [-0.15, -0.1) is 0 Å². The predicted octanol–water partition coefficient (Wildman–Crippen LogP) is 2.50. The second-order valence-electron chi connectivity index (χ2n) is 3.52. The minimum Gasteiger partial charge on any atom is -0.494 e. The van der Waals surface area contributed by atoms with Crippen molar-refractivity contribution in [3.8, 4) is 11.5 Å². The summed E-state index contributed by atoms with van der Waals surface area (Å²) in [6, 6.07) is 7.21. The number of ether oxygens (including phenoxy) is 2. The smallest absolute Gasteiger partial charge is 0.328 e. The molecule has 0 saturated carbocycles. The monoisotopic (exact) mass is 236 g/mol. The predicted molar refractivity (Wildman–Crippen MR) is 64.5 cm³/mol. The van der Waals surface area contributed by atoms with Crippen LogP contribution < -0.4 is 9.47 Å². The van der Waals surface area contributed by atoms with Gasteiger partial charge in [0, 0.05) is 6.08 Å². The first kappa shape index (κ1) is 13.1. The van der Waals surface area contributed by atoms with Crippen molar-refractivity contribution in [3.63, 3.8) is 0 Å². The zero-order valence-corrected chi connectivity index (χ0v) is 9.97. The molecule has 0 radical (unpaired) electrons. The summed E-state index contributed by atoms with van der Waals surface area (Å²) >= 11 is 0. The number of hydrogen-bond acceptors (Lipinski definition) is 3. The molecule has 0 heterocycles. The highest BCUT2D eigenvalue weighted by Crippen LogP contribution is 2.17. The number of aliphatic carboxylic acids is 1. The van der Waals surface area contributed by atoms with Crippen LogP contribution in [0.25, 0.3) is 0 Å². The van der Waals surface area contributed by atoms with Gasteiger partial charge < -0.3 is 14.6 Å². The lowest BCUT2D eigenvalue weighted by atomic mass is 10.3. The van der Waals surface area contributed by atoms with Crippen LogP contribution in [0.2, 0.25) is 0 Å². The first-order valence-corrected chi connectivity index (χ1v) is 5.37. The van der Waals surface area contributed by atoms with Gasteiger partial charge in [-0.05, 0) is 43.7 Å². The number of carbonyl (C=O) groups is 1. The fourth-order valence-electron chi connectivity index (χ4n) is 1.25. The van der Waals surface area contributed by atoms with E-state index in [-0.39, 0.29) is 6.61 Å². The van der Waals surface area contributed by atoms with E-state index in [0.717, 1.165) is 11.8 Å². The number of hydrogen-bond donors (Lipinski definition) is 1. The summed E-state index contributed by atoms with van der Waals surface area (Å²) in [6.07, 6.45) is 1.13. The van der Waals surface area contributed by atoms with Gasteiger partial charge in [0.15, 0.2) is 0 Å². The van der Waals surface area contributed by atoms with Gasteiger partial charge in [0.05, 0.1) is 6.61 Å². The second kappa shape index (κ2) is 6.58. The van der Waals surface area contributed by atoms with Crippen LogP contribution in [-0.2, 0) is 4.79 Å². The topological polar surface area (TPSA) is 55.8 Å². The van der Waals surface area contributed by atoms with Crippen LogP contribution in [0.5, 0.6) is 11.5 Å². The van der Waals surface area contributed by atoms with Crippen LogP contribution in [0.15, 0.2) is 35.9 Å². The minimum atomic E-state index is -0.960. The molecule has 92 valence electrons. The van der Waals surface area contributed by atoms with Gasteiger partial charge in [-0.1, -0.05) is 0 Å². The SMILES string of the molecule is CCOc1ccc(OCC(C)=CC(=O)O)cc1. The van der Waals surface area contributed by atoms with Gasteiger partial charge in [0.1, 0.15) is 18.1 Å². The Morgan fingerprint density at radius 2 is 1.76 bits per heavy atom. The fraction of sp³-hybridized carbons (Fsp3) is 0.308. The summed E-state index contributed by atoms with van der Waals surface area (Å²) in [5.74, 6) is 0.516. The van der Waals surface area contributed by atoms with Gasteiger partial charge in [0.25, 0.3) is 0 Å². The molecule has 0 spiro atoms. The molecule has 0 fully saturated rings. The Balaban J connectivity index is 2.49. The third-order valence-corrected chi connectivity index (χ3v) is 1.97. The van der Waals surface area contributed by atoms with Crippen molar-refractivity contribution >= 4 is 5.97 Å². The molecule has 1 aromatic carbocycles. The Morgan fingerprint density at radius 3 is 2.24 bits per heavy atom. The van der Waals surface area contributed by atoms with E-state index in [4.69, 9.17) is 14.6 Å². The lowest BCUT2D eigenvalue weighted by molar-refractivity contribution is -0.131. The lowest BCUT2D eigenvalue weighted by Gasteiger charge is -2.07. The molecule has 1 rings (SSSR count). The van der Waals surface area contributed by atoms with E-state index in [2.05, 4.69) is 0 Å². The summed E-state index contributed by atoms with van der Waals surface area (Å²) in [7, 11) is 0. The Labute approximate surface area is 100 Å². The van der Waals surface area contributed by atoms with Crippen molar-refractivity contribution < 1.29 is 19.4 Å². The van der Waals surface area contributed by atoms with Crippen molar-refractivity contribution in [2.45, 2.75) is 13.8 Å². The van der Waals surface area contributed by atoms with Gasteiger partial charge in [-0.2, -0.15) is 0 Å². The van der Waals surface area contributed by atoms with E-state index >= 15 is 0 Å². The standard InChI is InChI=1S/C13H16O4/c1-3-16-11-4-6-12(7-5-11)17-9-10(2)8-13(14)15/h4-8H,3,9H2,1-2H3,(H,14,15). The first-order valence-electron chi connectivity index (χ1n) is 5.37. The molecule has 0 aliphatic carbocycles. The second-order valence-corrected chi connectivity index (χ2v) is 3.52. The van der Waals surface area contributed by atoms with E-state index in [0.29, 0.717) is 17.9 Å². The van der Waals surface area contributed by atoms with Crippen molar-refractivity contribution in [2.24, 2.45) is 0 Å². The summed E-state index contributed by atoms with van der Waals surface area (Å²) in [5, 5.41) is 8.53. The van der Waals surface area contributed by atoms with Crippen LogP contribution >= 0.6 is 0 Å². The largest absolute Gasteiger partial charge is 0.494 e. The third-order valence-electron chi connectivity index (χ3n) is 1.97. The molecular weight excluding hydrogens is 220 g/mol. The molecule has 0 atom stereocenters. The Hall–Kier alpha value is -1.97. The number of carboxylic acids is 1. The highest BCUT2D eigenvalue weighted by atomic mass is 16.5. The van der Waals surface area contributed by atoms with Crippen LogP contribution in [0.3, 0.4) is 0 Å². The van der Waals surface area contributed by atoms with E-state index in [1.54, 1.807) is 19.1 Å². The summed E-state index contributed by atoms with van der Waals surface area (Å²) < 4.78 is 10.7. The van der Waals surface area contributed by atoms with Crippen molar-refractivity contribution in [1.82, 2.24) is 0 Å². The van der Waals surface area contributed by atoms with Crippen molar-refractivity contribution in [1.29, 1.82) is 0 Å². The zero-order valence-electron chi connectivity index (χ0n) is 9.97. The van der Waals surface area contributed by atoms with Gasteiger partial charge in [-0.25, -0.2) is 4.79 Å². The average Bonchev–Trinajstić information content (AvgIpc) is 2.28. The molecule has 0 unspecified atom stereocenters. The summed E-state index contributed by atoms with van der Waals surface area (Å²) in [4.78, 5) is 10.4. The molecule has 0 bridgehead atoms. The van der Waals surface area contributed by atoms with Crippen molar-refractivity contribution in [3.05, 3.63) is 35.9 Å². The van der Waals surface area contributed by atoms with Crippen LogP contribution in [0.4, 0.5) is 0 Å². The number of carboxylic acid groups (broad SMARTS) is 1. The normalized spacial score (nSPS) is 11.1.